The van der Waals surface area contributed by atoms with E-state index in [0.29, 0.717) is 6.54 Å². The Labute approximate surface area is 166 Å². The topological polar surface area (TPSA) is 65.0 Å². The molecule has 6 nitrogen and oxygen atoms in total. The molecular weight excluding hydrogens is 458 g/mol. The van der Waals surface area contributed by atoms with E-state index in [0.717, 1.165) is 37.8 Å². The number of hydrogen-bond acceptors (Lipinski definition) is 4. The molecule has 0 bridgehead atoms. The van der Waals surface area contributed by atoms with Crippen LogP contribution in [0, 0.1) is 5.82 Å². The summed E-state index contributed by atoms with van der Waals surface area (Å²) in [5.41, 5.74) is 1.01. The van der Waals surface area contributed by atoms with Crippen molar-refractivity contribution in [3.63, 3.8) is 0 Å². The number of nitrogens with one attached hydrogen (secondary N) is 1. The van der Waals surface area contributed by atoms with Crippen LogP contribution in [0.3, 0.4) is 0 Å². The van der Waals surface area contributed by atoms with E-state index in [2.05, 4.69) is 20.1 Å². The van der Waals surface area contributed by atoms with Crippen LogP contribution in [-0.4, -0.2) is 70.6 Å². The molecule has 0 aromatic heterocycles. The van der Waals surface area contributed by atoms with Gasteiger partial charge in [0.1, 0.15) is 5.82 Å². The van der Waals surface area contributed by atoms with E-state index in [4.69, 9.17) is 0 Å². The Morgan fingerprint density at radius 3 is 2.32 bits per heavy atom. The molecule has 0 amide bonds. The highest BCUT2D eigenvalue weighted by Crippen LogP contribution is 2.16. The first-order chi connectivity index (χ1) is 11.4. The summed E-state index contributed by atoms with van der Waals surface area (Å²) in [6.45, 7) is 5.17. The third-order valence-corrected chi connectivity index (χ3v) is 5.82. The summed E-state index contributed by atoms with van der Waals surface area (Å²) >= 11 is 0. The van der Waals surface area contributed by atoms with Crippen molar-refractivity contribution >= 4 is 45.5 Å². The van der Waals surface area contributed by atoms with Crippen molar-refractivity contribution in [3.05, 3.63) is 30.1 Å². The van der Waals surface area contributed by atoms with Crippen LogP contribution in [0.5, 0.6) is 0 Å². The normalized spacial score (nSPS) is 15.7. The number of nitrogens with zero attached hydrogens (tertiary/aromatic N) is 3. The molecule has 1 fully saturated rings. The fourth-order valence-corrected chi connectivity index (χ4v) is 3.33. The third kappa shape index (κ3) is 6.61. The largest absolute Gasteiger partial charge is 0.368 e. The predicted octanol–water partition coefficient (Wildman–Crippen LogP) is 1.58. The van der Waals surface area contributed by atoms with Gasteiger partial charge in [-0.2, -0.15) is 0 Å². The Morgan fingerprint density at radius 1 is 1.20 bits per heavy atom. The molecule has 0 atom stereocenters. The molecule has 0 unspecified atom stereocenters. The van der Waals surface area contributed by atoms with Crippen LogP contribution in [0.25, 0.3) is 0 Å². The second-order valence-corrected chi connectivity index (χ2v) is 8.13. The van der Waals surface area contributed by atoms with Gasteiger partial charge in [0.05, 0.1) is 5.75 Å². The van der Waals surface area contributed by atoms with Gasteiger partial charge in [0.2, 0.25) is 0 Å². The lowest BCUT2D eigenvalue weighted by molar-refractivity contribution is 0.373. The van der Waals surface area contributed by atoms with Gasteiger partial charge in [0.15, 0.2) is 15.8 Å². The molecule has 1 heterocycles. The highest BCUT2D eigenvalue weighted by molar-refractivity contribution is 14.0. The molecule has 1 aliphatic heterocycles. The zero-order valence-electron chi connectivity index (χ0n) is 14.6. The maximum Gasteiger partial charge on any atom is 0.193 e. The molecule has 25 heavy (non-hydrogen) atoms. The molecule has 2 rings (SSSR count). The minimum Gasteiger partial charge on any atom is -0.368 e. The van der Waals surface area contributed by atoms with E-state index < -0.39 is 9.84 Å². The molecule has 1 aromatic rings. The van der Waals surface area contributed by atoms with Crippen LogP contribution >= 0.6 is 24.0 Å². The Hall–Kier alpha value is -1.10. The lowest BCUT2D eigenvalue weighted by atomic mass is 10.2. The van der Waals surface area contributed by atoms with Gasteiger partial charge >= 0.3 is 0 Å². The number of halogens is 2. The van der Waals surface area contributed by atoms with E-state index in [-0.39, 0.29) is 41.3 Å². The van der Waals surface area contributed by atoms with Crippen molar-refractivity contribution < 1.29 is 12.8 Å². The highest BCUT2D eigenvalue weighted by atomic mass is 127. The summed E-state index contributed by atoms with van der Waals surface area (Å²) in [7, 11) is -1.28. The molecule has 0 spiro atoms. The summed E-state index contributed by atoms with van der Waals surface area (Å²) in [6, 6.07) is 6.51. The molecule has 0 saturated carbocycles. The minimum atomic E-state index is -2.98. The van der Waals surface area contributed by atoms with Gasteiger partial charge in [-0.3, -0.25) is 4.99 Å². The van der Waals surface area contributed by atoms with Crippen LogP contribution in [0.1, 0.15) is 6.92 Å². The fourth-order valence-electron chi connectivity index (χ4n) is 2.62. The number of sulfone groups is 1. The quantitative estimate of drug-likeness (QED) is 0.391. The van der Waals surface area contributed by atoms with Crippen molar-refractivity contribution in [2.24, 2.45) is 4.99 Å². The van der Waals surface area contributed by atoms with Crippen molar-refractivity contribution in [2.45, 2.75) is 6.92 Å². The Balaban J connectivity index is 0.00000312. The number of anilines is 1. The molecule has 142 valence electrons. The van der Waals surface area contributed by atoms with Gasteiger partial charge in [-0.1, -0.05) is 6.92 Å². The van der Waals surface area contributed by atoms with Gasteiger partial charge in [-0.05, 0) is 24.3 Å². The van der Waals surface area contributed by atoms with E-state index in [9.17, 15) is 12.8 Å². The maximum absolute atomic E-state index is 13.0. The van der Waals surface area contributed by atoms with E-state index in [1.54, 1.807) is 26.1 Å². The molecule has 9 heteroatoms. The Morgan fingerprint density at radius 2 is 1.80 bits per heavy atom. The first kappa shape index (κ1) is 21.9. The summed E-state index contributed by atoms with van der Waals surface area (Å²) in [4.78, 5) is 8.54. The Kier molecular flexibility index (Phi) is 8.91. The molecular formula is C16H26FIN4O2S. The zero-order chi connectivity index (χ0) is 17.6. The minimum absolute atomic E-state index is 0. The van der Waals surface area contributed by atoms with Crippen LogP contribution in [-0.2, 0) is 9.84 Å². The highest BCUT2D eigenvalue weighted by Gasteiger charge is 2.20. The number of piperazine rings is 1. The third-order valence-electron chi connectivity index (χ3n) is 4.12. The van der Waals surface area contributed by atoms with E-state index >= 15 is 0 Å². The second-order valence-electron chi connectivity index (χ2n) is 5.66. The summed E-state index contributed by atoms with van der Waals surface area (Å²) in [6.07, 6.45) is 0. The average Bonchev–Trinajstić information content (AvgIpc) is 2.60. The van der Waals surface area contributed by atoms with Crippen molar-refractivity contribution in [3.8, 4) is 0 Å². The number of hydrogen-bond donors (Lipinski definition) is 1. The van der Waals surface area contributed by atoms with Crippen molar-refractivity contribution in [1.29, 1.82) is 0 Å². The molecule has 0 radical (unpaired) electrons. The van der Waals surface area contributed by atoms with Crippen LogP contribution in [0.15, 0.2) is 29.3 Å². The van der Waals surface area contributed by atoms with Gasteiger partial charge in [0, 0.05) is 51.2 Å². The van der Waals surface area contributed by atoms with Gasteiger partial charge in [-0.25, -0.2) is 12.8 Å². The van der Waals surface area contributed by atoms with Crippen LogP contribution in [0.2, 0.25) is 0 Å². The van der Waals surface area contributed by atoms with Crippen LogP contribution < -0.4 is 10.2 Å². The number of guanidine groups is 1. The number of benzene rings is 1. The first-order valence-electron chi connectivity index (χ1n) is 8.11. The smallest absolute Gasteiger partial charge is 0.193 e. The van der Waals surface area contributed by atoms with Gasteiger partial charge in [0.25, 0.3) is 0 Å². The standard InChI is InChI=1S/C16H25FN4O2S.HI/c1-3-24(22,23)13-8-19-16(18-2)21-11-9-20(10-12-21)15-6-4-14(17)5-7-15;/h4-7H,3,8-13H2,1-2H3,(H,18,19);1H. The summed E-state index contributed by atoms with van der Waals surface area (Å²) in [5, 5.41) is 3.12. The lowest BCUT2D eigenvalue weighted by Gasteiger charge is -2.37. The Bertz CT molecular complexity index is 659. The monoisotopic (exact) mass is 484 g/mol. The van der Waals surface area contributed by atoms with E-state index in [1.165, 1.54) is 12.1 Å². The number of aliphatic imine (C=N–C) groups is 1. The molecule has 1 saturated heterocycles. The fraction of sp³-hybridized carbons (Fsp3) is 0.562. The van der Waals surface area contributed by atoms with Crippen molar-refractivity contribution in [2.75, 3.05) is 56.2 Å². The second kappa shape index (κ2) is 10.1. The lowest BCUT2D eigenvalue weighted by Crippen LogP contribution is -2.53. The maximum atomic E-state index is 13.0. The van der Waals surface area contributed by atoms with Crippen LogP contribution in [0.4, 0.5) is 10.1 Å². The summed E-state index contributed by atoms with van der Waals surface area (Å²) in [5.74, 6) is 0.755. The zero-order valence-corrected chi connectivity index (χ0v) is 17.8. The molecule has 1 aliphatic rings. The average molecular weight is 484 g/mol. The first-order valence-corrected chi connectivity index (χ1v) is 9.94. The van der Waals surface area contributed by atoms with Gasteiger partial charge < -0.3 is 15.1 Å². The molecule has 1 aromatic carbocycles. The van der Waals surface area contributed by atoms with Gasteiger partial charge in [-0.15, -0.1) is 24.0 Å². The summed E-state index contributed by atoms with van der Waals surface area (Å²) < 4.78 is 36.1. The van der Waals surface area contributed by atoms with Crippen molar-refractivity contribution in [1.82, 2.24) is 10.2 Å². The number of rotatable bonds is 5. The SMILES string of the molecule is CCS(=O)(=O)CCNC(=NC)N1CCN(c2ccc(F)cc2)CC1.I. The van der Waals surface area contributed by atoms with E-state index in [1.807, 2.05) is 0 Å². The molecule has 0 aliphatic carbocycles. The molecule has 1 N–H and O–H groups in total. The predicted molar refractivity (Wildman–Crippen MR) is 111 cm³/mol.